The summed E-state index contributed by atoms with van der Waals surface area (Å²) >= 11 is 0. The molecule has 0 saturated heterocycles. The van der Waals surface area contributed by atoms with E-state index in [4.69, 9.17) is 4.74 Å². The molecule has 1 aromatic heterocycles. The van der Waals surface area contributed by atoms with Crippen molar-refractivity contribution in [1.82, 2.24) is 14.5 Å². The van der Waals surface area contributed by atoms with Gasteiger partial charge in [-0.05, 0) is 37.3 Å². The fourth-order valence-electron chi connectivity index (χ4n) is 3.22. The van der Waals surface area contributed by atoms with Gasteiger partial charge in [0.25, 0.3) is 0 Å². The number of amides is 1. The number of aromatic nitrogens is 2. The van der Waals surface area contributed by atoms with Crippen LogP contribution in [0.4, 0.5) is 13.2 Å². The largest absolute Gasteiger partial charge is 0.492 e. The third kappa shape index (κ3) is 4.84. The molecule has 0 aliphatic carbocycles. The molecule has 0 unspecified atom stereocenters. The fraction of sp³-hybridized carbons (Fsp3) is 0.333. The number of nitrogens with one attached hydrogen (secondary N) is 1. The van der Waals surface area contributed by atoms with Crippen LogP contribution in [-0.4, -0.2) is 28.2 Å². The predicted molar refractivity (Wildman–Crippen MR) is 106 cm³/mol. The number of para-hydroxylation sites is 2. The summed E-state index contributed by atoms with van der Waals surface area (Å²) in [7, 11) is 0. The zero-order chi connectivity index (χ0) is 21.7. The maximum atomic E-state index is 12.7. The molecule has 0 saturated carbocycles. The summed E-state index contributed by atoms with van der Waals surface area (Å²) in [6.07, 6.45) is -4.34. The van der Waals surface area contributed by atoms with Crippen LogP contribution in [0.5, 0.6) is 5.75 Å². The Bertz CT molecular complexity index is 1090. The van der Waals surface area contributed by atoms with Gasteiger partial charge in [-0.3, -0.25) is 13.9 Å². The summed E-state index contributed by atoms with van der Waals surface area (Å²) in [6.45, 7) is 2.82. The Kier molecular flexibility index (Phi) is 6.49. The summed E-state index contributed by atoms with van der Waals surface area (Å²) in [5, 5.41) is 2.65. The van der Waals surface area contributed by atoms with E-state index in [1.807, 2.05) is 31.2 Å². The number of alkyl halides is 3. The number of rotatable bonds is 8. The third-order valence-corrected chi connectivity index (χ3v) is 4.66. The summed E-state index contributed by atoms with van der Waals surface area (Å²) in [5.41, 5.74) is 0.630. The van der Waals surface area contributed by atoms with Crippen LogP contribution in [0.1, 0.15) is 18.9 Å². The molecule has 0 aliphatic heterocycles. The van der Waals surface area contributed by atoms with Crippen molar-refractivity contribution in [1.29, 1.82) is 0 Å². The van der Waals surface area contributed by atoms with Crippen molar-refractivity contribution in [2.75, 3.05) is 13.2 Å². The Morgan fingerprint density at radius 3 is 2.43 bits per heavy atom. The molecule has 1 heterocycles. The van der Waals surface area contributed by atoms with Gasteiger partial charge in [-0.2, -0.15) is 13.2 Å². The van der Waals surface area contributed by atoms with E-state index in [2.05, 4.69) is 5.32 Å². The molecule has 1 amide bonds. The Hall–Kier alpha value is -3.23. The second-order valence-electron chi connectivity index (χ2n) is 6.64. The highest BCUT2D eigenvalue weighted by molar-refractivity contribution is 5.78. The van der Waals surface area contributed by atoms with Crippen molar-refractivity contribution in [2.45, 2.75) is 32.6 Å². The SMILES string of the molecule is CCn1c(=O)n(CCC(=O)NCCOc2cccc(C(F)(F)F)c2)c2ccccc21. The first-order valence-corrected chi connectivity index (χ1v) is 9.56. The number of halogens is 3. The molecule has 1 N–H and O–H groups in total. The van der Waals surface area contributed by atoms with Gasteiger partial charge in [0.1, 0.15) is 12.4 Å². The number of nitrogens with zero attached hydrogens (tertiary/aromatic N) is 2. The lowest BCUT2D eigenvalue weighted by Crippen LogP contribution is -2.30. The van der Waals surface area contributed by atoms with Crippen LogP contribution in [0.15, 0.2) is 53.3 Å². The minimum atomic E-state index is -4.44. The molecule has 0 aliphatic rings. The molecular formula is C21H22F3N3O3. The van der Waals surface area contributed by atoms with Crippen LogP contribution >= 0.6 is 0 Å². The van der Waals surface area contributed by atoms with Gasteiger partial charge in [-0.25, -0.2) is 4.79 Å². The van der Waals surface area contributed by atoms with Gasteiger partial charge < -0.3 is 10.1 Å². The topological polar surface area (TPSA) is 65.3 Å². The van der Waals surface area contributed by atoms with Crippen LogP contribution in [0.3, 0.4) is 0 Å². The van der Waals surface area contributed by atoms with Crippen molar-refractivity contribution in [2.24, 2.45) is 0 Å². The van der Waals surface area contributed by atoms with Crippen molar-refractivity contribution in [3.05, 3.63) is 64.6 Å². The first-order chi connectivity index (χ1) is 14.3. The molecule has 3 rings (SSSR count). The van der Waals surface area contributed by atoms with E-state index >= 15 is 0 Å². The lowest BCUT2D eigenvalue weighted by molar-refractivity contribution is -0.137. The highest BCUT2D eigenvalue weighted by Gasteiger charge is 2.30. The number of aryl methyl sites for hydroxylation is 2. The molecule has 160 valence electrons. The van der Waals surface area contributed by atoms with E-state index in [0.717, 1.165) is 23.2 Å². The van der Waals surface area contributed by atoms with Crippen LogP contribution in [-0.2, 0) is 24.1 Å². The molecule has 0 atom stereocenters. The van der Waals surface area contributed by atoms with Crippen LogP contribution < -0.4 is 15.7 Å². The van der Waals surface area contributed by atoms with Crippen molar-refractivity contribution < 1.29 is 22.7 Å². The molecule has 0 bridgehead atoms. The Balaban J connectivity index is 1.50. The molecule has 6 nitrogen and oxygen atoms in total. The lowest BCUT2D eigenvalue weighted by Gasteiger charge is -2.11. The van der Waals surface area contributed by atoms with Crippen LogP contribution in [0, 0.1) is 0 Å². The monoisotopic (exact) mass is 421 g/mol. The van der Waals surface area contributed by atoms with Crippen LogP contribution in [0.25, 0.3) is 11.0 Å². The van der Waals surface area contributed by atoms with Gasteiger partial charge in [0.15, 0.2) is 0 Å². The van der Waals surface area contributed by atoms with Gasteiger partial charge in [-0.1, -0.05) is 18.2 Å². The maximum absolute atomic E-state index is 12.7. The number of hydrogen-bond acceptors (Lipinski definition) is 3. The van der Waals surface area contributed by atoms with Crippen molar-refractivity contribution in [3.8, 4) is 5.75 Å². The molecule has 0 radical (unpaired) electrons. The second-order valence-corrected chi connectivity index (χ2v) is 6.64. The van der Waals surface area contributed by atoms with Gasteiger partial charge in [0, 0.05) is 19.5 Å². The number of imidazole rings is 1. The van der Waals surface area contributed by atoms with Crippen molar-refractivity contribution >= 4 is 16.9 Å². The number of benzene rings is 2. The lowest BCUT2D eigenvalue weighted by atomic mass is 10.2. The second kappa shape index (κ2) is 9.06. The van der Waals surface area contributed by atoms with Crippen molar-refractivity contribution in [3.63, 3.8) is 0 Å². The zero-order valence-corrected chi connectivity index (χ0v) is 16.4. The zero-order valence-electron chi connectivity index (χ0n) is 16.4. The normalized spacial score (nSPS) is 11.6. The molecule has 2 aromatic carbocycles. The van der Waals surface area contributed by atoms with Gasteiger partial charge in [0.05, 0.1) is 23.1 Å². The summed E-state index contributed by atoms with van der Waals surface area (Å²) in [5.74, 6) is -0.194. The molecule has 9 heteroatoms. The Morgan fingerprint density at radius 2 is 1.77 bits per heavy atom. The van der Waals surface area contributed by atoms with E-state index in [-0.39, 0.29) is 43.5 Å². The molecule has 3 aromatic rings. The summed E-state index contributed by atoms with van der Waals surface area (Å²) in [4.78, 5) is 24.6. The van der Waals surface area contributed by atoms with Crippen LogP contribution in [0.2, 0.25) is 0 Å². The van der Waals surface area contributed by atoms with E-state index in [1.165, 1.54) is 12.1 Å². The number of fused-ring (bicyclic) bond motifs is 1. The smallest absolute Gasteiger partial charge is 0.416 e. The molecular weight excluding hydrogens is 399 g/mol. The number of carbonyl (C=O) groups excluding carboxylic acids is 1. The molecule has 0 fully saturated rings. The van der Waals surface area contributed by atoms with Gasteiger partial charge >= 0.3 is 11.9 Å². The van der Waals surface area contributed by atoms with E-state index in [9.17, 15) is 22.8 Å². The number of ether oxygens (including phenoxy) is 1. The Morgan fingerprint density at radius 1 is 1.07 bits per heavy atom. The predicted octanol–water partition coefficient (Wildman–Crippen LogP) is 3.43. The minimum absolute atomic E-state index is 0.0299. The molecule has 0 spiro atoms. The van der Waals surface area contributed by atoms with E-state index in [1.54, 1.807) is 9.13 Å². The summed E-state index contributed by atoms with van der Waals surface area (Å²) < 4.78 is 46.6. The average Bonchev–Trinajstić information content (AvgIpc) is 3.00. The first-order valence-electron chi connectivity index (χ1n) is 9.56. The Labute approximate surface area is 170 Å². The maximum Gasteiger partial charge on any atom is 0.416 e. The summed E-state index contributed by atoms with van der Waals surface area (Å²) in [6, 6.07) is 12.0. The first kappa shape index (κ1) is 21.5. The van der Waals surface area contributed by atoms with Gasteiger partial charge in [-0.15, -0.1) is 0 Å². The number of hydrogen-bond donors (Lipinski definition) is 1. The highest BCUT2D eigenvalue weighted by atomic mass is 19.4. The van der Waals surface area contributed by atoms with E-state index < -0.39 is 11.7 Å². The third-order valence-electron chi connectivity index (χ3n) is 4.66. The fourth-order valence-corrected chi connectivity index (χ4v) is 3.22. The number of carbonyl (C=O) groups is 1. The molecule has 30 heavy (non-hydrogen) atoms. The average molecular weight is 421 g/mol. The highest BCUT2D eigenvalue weighted by Crippen LogP contribution is 2.31. The quantitative estimate of drug-likeness (QED) is 0.567. The van der Waals surface area contributed by atoms with Gasteiger partial charge in [0.2, 0.25) is 5.91 Å². The van der Waals surface area contributed by atoms with E-state index in [0.29, 0.717) is 6.54 Å². The minimum Gasteiger partial charge on any atom is -0.492 e. The standard InChI is InChI=1S/C21H22F3N3O3/c1-2-26-17-8-3-4-9-18(17)27(20(26)29)12-10-19(28)25-11-13-30-16-7-5-6-15(14-16)21(22,23)24/h3-9,14H,2,10-13H2,1H3,(H,25,28).